The first-order valence-corrected chi connectivity index (χ1v) is 11.2. The van der Waals surface area contributed by atoms with E-state index in [1.807, 2.05) is 6.92 Å². The molecule has 0 saturated carbocycles. The standard InChI is InChI=1S/C22H31N3O4S/c1-14-8-5-6-12-25(14)13-7-11-23-21(27)20-15(2)24-22(30-20)16-9-10-17(28-3)19(29-4)18(16)26/h9-10,14,26H,5-8,11-13H2,1-4H3,(H,23,27). The number of hydrogen-bond donors (Lipinski definition) is 2. The Morgan fingerprint density at radius 2 is 2.13 bits per heavy atom. The third-order valence-corrected chi connectivity index (χ3v) is 6.79. The summed E-state index contributed by atoms with van der Waals surface area (Å²) in [6, 6.07) is 4.07. The van der Waals surface area contributed by atoms with Crippen molar-refractivity contribution in [3.63, 3.8) is 0 Å². The topological polar surface area (TPSA) is 83.9 Å². The maximum absolute atomic E-state index is 12.7. The van der Waals surface area contributed by atoms with E-state index in [9.17, 15) is 9.90 Å². The van der Waals surface area contributed by atoms with Gasteiger partial charge >= 0.3 is 0 Å². The van der Waals surface area contributed by atoms with Crippen molar-refractivity contribution >= 4 is 17.2 Å². The van der Waals surface area contributed by atoms with Crippen molar-refractivity contribution in [2.24, 2.45) is 0 Å². The maximum atomic E-state index is 12.7. The van der Waals surface area contributed by atoms with Crippen molar-refractivity contribution in [3.05, 3.63) is 22.7 Å². The predicted molar refractivity (Wildman–Crippen MR) is 119 cm³/mol. The lowest BCUT2D eigenvalue weighted by atomic mass is 10.0. The number of carbonyl (C=O) groups is 1. The lowest BCUT2D eigenvalue weighted by Crippen LogP contribution is -2.39. The van der Waals surface area contributed by atoms with E-state index in [1.54, 1.807) is 12.1 Å². The van der Waals surface area contributed by atoms with Crippen LogP contribution in [0.5, 0.6) is 17.2 Å². The molecule has 1 fully saturated rings. The number of aromatic nitrogens is 1. The summed E-state index contributed by atoms with van der Waals surface area (Å²) >= 11 is 1.26. The van der Waals surface area contributed by atoms with Gasteiger partial charge in [0.25, 0.3) is 5.91 Å². The number of benzene rings is 1. The molecule has 1 aromatic carbocycles. The Morgan fingerprint density at radius 3 is 2.83 bits per heavy atom. The van der Waals surface area contributed by atoms with Gasteiger partial charge in [0, 0.05) is 19.1 Å². The normalized spacial score (nSPS) is 17.0. The van der Waals surface area contributed by atoms with Gasteiger partial charge in [-0.05, 0) is 51.8 Å². The van der Waals surface area contributed by atoms with E-state index in [2.05, 4.69) is 22.1 Å². The van der Waals surface area contributed by atoms with Crippen LogP contribution in [0.25, 0.3) is 10.6 Å². The molecule has 30 heavy (non-hydrogen) atoms. The zero-order chi connectivity index (χ0) is 21.7. The highest BCUT2D eigenvalue weighted by Gasteiger charge is 2.22. The lowest BCUT2D eigenvalue weighted by molar-refractivity contribution is 0.0952. The first kappa shape index (κ1) is 22.4. The summed E-state index contributed by atoms with van der Waals surface area (Å²) in [5.74, 6) is 0.518. The molecule has 2 aromatic rings. The second-order valence-electron chi connectivity index (χ2n) is 7.62. The fourth-order valence-corrected chi connectivity index (χ4v) is 4.87. The molecule has 3 rings (SSSR count). The van der Waals surface area contributed by atoms with Gasteiger partial charge < -0.3 is 24.8 Å². The van der Waals surface area contributed by atoms with Gasteiger partial charge in [0.05, 0.1) is 25.5 Å². The van der Waals surface area contributed by atoms with Crippen molar-refractivity contribution in [3.8, 4) is 27.8 Å². The highest BCUT2D eigenvalue weighted by atomic mass is 32.1. The Kier molecular flexibility index (Phi) is 7.55. The second kappa shape index (κ2) is 10.1. The Bertz CT molecular complexity index is 884. The number of nitrogens with one attached hydrogen (secondary N) is 1. The van der Waals surface area contributed by atoms with E-state index in [0.717, 1.165) is 19.5 Å². The van der Waals surface area contributed by atoms with Crippen LogP contribution in [0.1, 0.15) is 48.0 Å². The number of amides is 1. The molecule has 2 N–H and O–H groups in total. The maximum Gasteiger partial charge on any atom is 0.263 e. The Balaban J connectivity index is 1.64. The number of phenols is 1. The van der Waals surface area contributed by atoms with Crippen LogP contribution in [-0.4, -0.2) is 60.8 Å². The summed E-state index contributed by atoms with van der Waals surface area (Å²) in [5.41, 5.74) is 1.16. The number of thiazole rings is 1. The molecule has 1 atom stereocenters. The molecule has 8 heteroatoms. The molecule has 1 amide bonds. The molecule has 2 heterocycles. The molecular weight excluding hydrogens is 402 g/mol. The highest BCUT2D eigenvalue weighted by molar-refractivity contribution is 7.17. The molecule has 0 aliphatic carbocycles. The fraction of sp³-hybridized carbons (Fsp3) is 0.545. The van der Waals surface area contributed by atoms with Gasteiger partial charge in [-0.3, -0.25) is 4.79 Å². The minimum Gasteiger partial charge on any atom is -0.504 e. The summed E-state index contributed by atoms with van der Waals surface area (Å²) < 4.78 is 10.5. The van der Waals surface area contributed by atoms with Gasteiger partial charge in [-0.25, -0.2) is 4.98 Å². The summed E-state index contributed by atoms with van der Waals surface area (Å²) in [5, 5.41) is 14.1. The number of carbonyl (C=O) groups excluding carboxylic acids is 1. The summed E-state index contributed by atoms with van der Waals surface area (Å²) in [6.07, 6.45) is 4.77. The van der Waals surface area contributed by atoms with Crippen molar-refractivity contribution < 1.29 is 19.4 Å². The number of ether oxygens (including phenoxy) is 2. The van der Waals surface area contributed by atoms with Crippen molar-refractivity contribution in [2.75, 3.05) is 33.9 Å². The van der Waals surface area contributed by atoms with E-state index in [1.165, 1.54) is 44.8 Å². The van der Waals surface area contributed by atoms with Gasteiger partial charge in [-0.15, -0.1) is 11.3 Å². The molecule has 0 spiro atoms. The van der Waals surface area contributed by atoms with Gasteiger partial charge in [-0.2, -0.15) is 0 Å². The molecule has 0 bridgehead atoms. The first-order valence-electron chi connectivity index (χ1n) is 10.4. The van der Waals surface area contributed by atoms with Crippen LogP contribution >= 0.6 is 11.3 Å². The number of aromatic hydroxyl groups is 1. The first-order chi connectivity index (χ1) is 14.5. The average Bonchev–Trinajstić information content (AvgIpc) is 3.13. The number of rotatable bonds is 8. The summed E-state index contributed by atoms with van der Waals surface area (Å²) in [7, 11) is 2.98. The highest BCUT2D eigenvalue weighted by Crippen LogP contribution is 2.44. The third-order valence-electron chi connectivity index (χ3n) is 5.60. The Hall–Kier alpha value is -2.32. The van der Waals surface area contributed by atoms with Gasteiger partial charge in [0.1, 0.15) is 9.88 Å². The zero-order valence-electron chi connectivity index (χ0n) is 18.2. The van der Waals surface area contributed by atoms with Gasteiger partial charge in [-0.1, -0.05) is 6.42 Å². The fourth-order valence-electron chi connectivity index (χ4n) is 3.86. The van der Waals surface area contributed by atoms with E-state index >= 15 is 0 Å². The number of hydrogen-bond acceptors (Lipinski definition) is 7. The van der Waals surface area contributed by atoms with Crippen LogP contribution in [0.3, 0.4) is 0 Å². The summed E-state index contributed by atoms with van der Waals surface area (Å²) in [4.78, 5) is 20.2. The minimum atomic E-state index is -0.122. The predicted octanol–water partition coefficient (Wildman–Crippen LogP) is 3.84. The van der Waals surface area contributed by atoms with Crippen LogP contribution in [0, 0.1) is 6.92 Å². The van der Waals surface area contributed by atoms with Crippen LogP contribution in [0.4, 0.5) is 0 Å². The molecular formula is C22H31N3O4S. The van der Waals surface area contributed by atoms with E-state index in [-0.39, 0.29) is 17.4 Å². The third kappa shape index (κ3) is 4.87. The Labute approximate surface area is 182 Å². The molecule has 7 nitrogen and oxygen atoms in total. The molecule has 1 aromatic heterocycles. The monoisotopic (exact) mass is 433 g/mol. The smallest absolute Gasteiger partial charge is 0.263 e. The quantitative estimate of drug-likeness (QED) is 0.616. The second-order valence-corrected chi connectivity index (χ2v) is 8.62. The zero-order valence-corrected chi connectivity index (χ0v) is 19.0. The van der Waals surface area contributed by atoms with Crippen LogP contribution in [0.2, 0.25) is 0 Å². The van der Waals surface area contributed by atoms with Gasteiger partial charge in [0.15, 0.2) is 11.5 Å². The van der Waals surface area contributed by atoms with Crippen molar-refractivity contribution in [2.45, 2.75) is 45.6 Å². The van der Waals surface area contributed by atoms with Gasteiger partial charge in [0.2, 0.25) is 5.75 Å². The van der Waals surface area contributed by atoms with E-state index in [0.29, 0.717) is 39.5 Å². The number of aryl methyl sites for hydroxylation is 1. The average molecular weight is 434 g/mol. The summed E-state index contributed by atoms with van der Waals surface area (Å²) in [6.45, 7) is 6.89. The van der Waals surface area contributed by atoms with E-state index in [4.69, 9.17) is 9.47 Å². The minimum absolute atomic E-state index is 0.0480. The molecule has 1 unspecified atom stereocenters. The number of methoxy groups -OCH3 is 2. The largest absolute Gasteiger partial charge is 0.504 e. The molecule has 1 saturated heterocycles. The molecule has 0 radical (unpaired) electrons. The van der Waals surface area contributed by atoms with Crippen LogP contribution < -0.4 is 14.8 Å². The van der Waals surface area contributed by atoms with Crippen molar-refractivity contribution in [1.29, 1.82) is 0 Å². The molecule has 1 aliphatic heterocycles. The van der Waals surface area contributed by atoms with Crippen LogP contribution in [-0.2, 0) is 0 Å². The van der Waals surface area contributed by atoms with E-state index < -0.39 is 0 Å². The molecule has 164 valence electrons. The number of nitrogens with zero attached hydrogens (tertiary/aromatic N) is 2. The number of likely N-dealkylation sites (tertiary alicyclic amines) is 1. The van der Waals surface area contributed by atoms with Crippen molar-refractivity contribution in [1.82, 2.24) is 15.2 Å². The Morgan fingerprint density at radius 1 is 1.33 bits per heavy atom. The van der Waals surface area contributed by atoms with Crippen LogP contribution in [0.15, 0.2) is 12.1 Å². The lowest BCUT2D eigenvalue weighted by Gasteiger charge is -2.33. The molecule has 1 aliphatic rings. The SMILES string of the molecule is COc1ccc(-c2nc(C)c(C(=O)NCCCN3CCCCC3C)s2)c(O)c1OC. The number of piperidine rings is 1. The number of phenolic OH excluding ortho intramolecular Hbond substituents is 1.